The molecule has 0 rings (SSSR count). The molecule has 1 unspecified atom stereocenters. The number of nitrogens with zero attached hydrogens (tertiary/aromatic N) is 1. The predicted molar refractivity (Wildman–Crippen MR) is 83.4 cm³/mol. The monoisotopic (exact) mass is 271 g/mol. The number of nitrogens with two attached hydrogens (primary N) is 1. The van der Waals surface area contributed by atoms with Gasteiger partial charge in [0.25, 0.3) is 0 Å². The molecule has 0 amide bonds. The van der Waals surface area contributed by atoms with Gasteiger partial charge in [0.1, 0.15) is 0 Å². The molecule has 3 N–H and O–H groups in total. The lowest BCUT2D eigenvalue weighted by Gasteiger charge is -2.15. The Morgan fingerprint density at radius 1 is 1.11 bits per heavy atom. The van der Waals surface area contributed by atoms with Gasteiger partial charge in [0, 0.05) is 12.6 Å². The standard InChI is InChI=1S/C15H33N3O/c1-12(2)7-6-8-14(5)18-15(16)17-9-10-19-11-13(3)4/h12-14H,6-11H2,1-5H3,(H3,16,17,18). The van der Waals surface area contributed by atoms with Crippen LogP contribution in [0.5, 0.6) is 0 Å². The molecule has 4 nitrogen and oxygen atoms in total. The lowest BCUT2D eigenvalue weighted by molar-refractivity contribution is 0.117. The Balaban J connectivity index is 3.61. The van der Waals surface area contributed by atoms with E-state index >= 15 is 0 Å². The van der Waals surface area contributed by atoms with Gasteiger partial charge >= 0.3 is 0 Å². The van der Waals surface area contributed by atoms with Crippen LogP contribution >= 0.6 is 0 Å². The van der Waals surface area contributed by atoms with Crippen molar-refractivity contribution in [1.29, 1.82) is 0 Å². The van der Waals surface area contributed by atoms with Crippen LogP contribution in [0.3, 0.4) is 0 Å². The van der Waals surface area contributed by atoms with E-state index in [1.807, 2.05) is 0 Å². The van der Waals surface area contributed by atoms with Crippen molar-refractivity contribution in [3.8, 4) is 0 Å². The average molecular weight is 271 g/mol. The number of hydrogen-bond acceptors (Lipinski definition) is 2. The van der Waals surface area contributed by atoms with Crippen LogP contribution in [0, 0.1) is 11.8 Å². The molecule has 4 heteroatoms. The Hall–Kier alpha value is -0.770. The number of guanidine groups is 1. The van der Waals surface area contributed by atoms with E-state index in [0.29, 0.717) is 31.1 Å². The van der Waals surface area contributed by atoms with E-state index < -0.39 is 0 Å². The highest BCUT2D eigenvalue weighted by Crippen LogP contribution is 2.07. The van der Waals surface area contributed by atoms with Crippen molar-refractivity contribution in [3.63, 3.8) is 0 Å². The van der Waals surface area contributed by atoms with Crippen LogP contribution in [0.15, 0.2) is 4.99 Å². The maximum absolute atomic E-state index is 5.83. The molecule has 0 aliphatic heterocycles. The maximum Gasteiger partial charge on any atom is 0.188 e. The van der Waals surface area contributed by atoms with E-state index in [1.165, 1.54) is 12.8 Å². The lowest BCUT2D eigenvalue weighted by atomic mass is 10.0. The van der Waals surface area contributed by atoms with Crippen molar-refractivity contribution in [2.45, 2.75) is 59.9 Å². The zero-order valence-electron chi connectivity index (χ0n) is 13.4. The van der Waals surface area contributed by atoms with Gasteiger partial charge in [0.15, 0.2) is 5.96 Å². The van der Waals surface area contributed by atoms with E-state index in [2.05, 4.69) is 44.9 Å². The summed E-state index contributed by atoms with van der Waals surface area (Å²) in [6, 6.07) is 0.388. The summed E-state index contributed by atoms with van der Waals surface area (Å²) in [6.45, 7) is 13.0. The summed E-state index contributed by atoms with van der Waals surface area (Å²) in [5.74, 6) is 1.88. The summed E-state index contributed by atoms with van der Waals surface area (Å²) < 4.78 is 5.45. The largest absolute Gasteiger partial charge is 0.379 e. The van der Waals surface area contributed by atoms with Crippen LogP contribution in [-0.4, -0.2) is 31.8 Å². The number of hydrogen-bond donors (Lipinski definition) is 2. The van der Waals surface area contributed by atoms with Gasteiger partial charge in [-0.2, -0.15) is 0 Å². The SMILES string of the molecule is CC(C)CCCC(C)NC(N)=NCCOCC(C)C. The molecule has 0 saturated carbocycles. The number of aliphatic imine (C=N–C) groups is 1. The zero-order valence-corrected chi connectivity index (χ0v) is 13.4. The van der Waals surface area contributed by atoms with Gasteiger partial charge in [-0.3, -0.25) is 4.99 Å². The quantitative estimate of drug-likeness (QED) is 0.365. The molecule has 0 aliphatic carbocycles. The summed E-state index contributed by atoms with van der Waals surface area (Å²) >= 11 is 0. The summed E-state index contributed by atoms with van der Waals surface area (Å²) in [5, 5.41) is 3.23. The molecule has 1 atom stereocenters. The summed E-state index contributed by atoms with van der Waals surface area (Å²) in [7, 11) is 0. The van der Waals surface area contributed by atoms with E-state index in [1.54, 1.807) is 0 Å². The highest BCUT2D eigenvalue weighted by atomic mass is 16.5. The number of rotatable bonds is 10. The molecular formula is C15H33N3O. The fourth-order valence-electron chi connectivity index (χ4n) is 1.75. The molecule has 0 fully saturated rings. The molecule has 0 aromatic rings. The molecule has 0 heterocycles. The first-order chi connectivity index (χ1) is 8.91. The van der Waals surface area contributed by atoms with Crippen LogP contribution in [0.4, 0.5) is 0 Å². The topological polar surface area (TPSA) is 59.6 Å². The van der Waals surface area contributed by atoms with Crippen molar-refractivity contribution in [1.82, 2.24) is 5.32 Å². The van der Waals surface area contributed by atoms with Gasteiger partial charge in [-0.15, -0.1) is 0 Å². The minimum atomic E-state index is 0.388. The zero-order chi connectivity index (χ0) is 14.7. The molecule has 0 aromatic carbocycles. The van der Waals surface area contributed by atoms with Crippen LogP contribution in [0.2, 0.25) is 0 Å². The maximum atomic E-state index is 5.83. The minimum Gasteiger partial charge on any atom is -0.379 e. The molecule has 0 radical (unpaired) electrons. The third kappa shape index (κ3) is 13.5. The number of nitrogens with one attached hydrogen (secondary N) is 1. The van der Waals surface area contributed by atoms with Gasteiger partial charge in [-0.25, -0.2) is 0 Å². The third-order valence-electron chi connectivity index (χ3n) is 2.78. The Kier molecular flexibility index (Phi) is 10.6. The third-order valence-corrected chi connectivity index (χ3v) is 2.78. The average Bonchev–Trinajstić information content (AvgIpc) is 2.27. The van der Waals surface area contributed by atoms with Crippen molar-refractivity contribution in [3.05, 3.63) is 0 Å². The molecule has 19 heavy (non-hydrogen) atoms. The Labute approximate surface area is 119 Å². The van der Waals surface area contributed by atoms with Crippen LogP contribution in [0.25, 0.3) is 0 Å². The van der Waals surface area contributed by atoms with Crippen LogP contribution < -0.4 is 11.1 Å². The summed E-state index contributed by atoms with van der Waals surface area (Å²) in [5.41, 5.74) is 5.83. The van der Waals surface area contributed by atoms with Crippen LogP contribution in [-0.2, 0) is 4.74 Å². The molecule has 0 aliphatic rings. The molecule has 0 saturated heterocycles. The lowest BCUT2D eigenvalue weighted by Crippen LogP contribution is -2.38. The van der Waals surface area contributed by atoms with Crippen LogP contribution in [0.1, 0.15) is 53.9 Å². The highest BCUT2D eigenvalue weighted by molar-refractivity contribution is 5.78. The Bertz CT molecular complexity index is 240. The van der Waals surface area contributed by atoms with Crippen molar-refractivity contribution in [2.75, 3.05) is 19.8 Å². The minimum absolute atomic E-state index is 0.388. The van der Waals surface area contributed by atoms with E-state index in [9.17, 15) is 0 Å². The van der Waals surface area contributed by atoms with Crippen molar-refractivity contribution < 1.29 is 4.74 Å². The Morgan fingerprint density at radius 2 is 1.79 bits per heavy atom. The van der Waals surface area contributed by atoms with Crippen molar-refractivity contribution in [2.24, 2.45) is 22.6 Å². The molecular weight excluding hydrogens is 238 g/mol. The highest BCUT2D eigenvalue weighted by Gasteiger charge is 2.03. The van der Waals surface area contributed by atoms with E-state index in [0.717, 1.165) is 18.9 Å². The summed E-state index contributed by atoms with van der Waals surface area (Å²) in [6.07, 6.45) is 3.64. The van der Waals surface area contributed by atoms with E-state index in [4.69, 9.17) is 10.5 Å². The van der Waals surface area contributed by atoms with Gasteiger partial charge in [-0.05, 0) is 25.2 Å². The van der Waals surface area contributed by atoms with Gasteiger partial charge < -0.3 is 15.8 Å². The second-order valence-corrected chi connectivity index (χ2v) is 6.11. The summed E-state index contributed by atoms with van der Waals surface area (Å²) in [4.78, 5) is 4.26. The first kappa shape index (κ1) is 18.2. The Morgan fingerprint density at radius 3 is 2.37 bits per heavy atom. The fraction of sp³-hybridized carbons (Fsp3) is 0.933. The van der Waals surface area contributed by atoms with Gasteiger partial charge in [0.2, 0.25) is 0 Å². The first-order valence-corrected chi connectivity index (χ1v) is 7.56. The fourth-order valence-corrected chi connectivity index (χ4v) is 1.75. The second kappa shape index (κ2) is 11.1. The molecule has 0 spiro atoms. The van der Waals surface area contributed by atoms with E-state index in [-0.39, 0.29) is 0 Å². The predicted octanol–water partition coefficient (Wildman–Crippen LogP) is 2.78. The normalized spacial score (nSPS) is 14.2. The van der Waals surface area contributed by atoms with Crippen molar-refractivity contribution >= 4 is 5.96 Å². The first-order valence-electron chi connectivity index (χ1n) is 7.56. The van der Waals surface area contributed by atoms with Gasteiger partial charge in [-0.1, -0.05) is 40.5 Å². The second-order valence-electron chi connectivity index (χ2n) is 6.11. The molecule has 0 aromatic heterocycles. The molecule has 114 valence electrons. The van der Waals surface area contributed by atoms with Gasteiger partial charge in [0.05, 0.1) is 13.2 Å². The molecule has 0 bridgehead atoms. The number of ether oxygens (including phenoxy) is 1. The smallest absolute Gasteiger partial charge is 0.188 e.